The minimum absolute atomic E-state index is 0.0385. The highest BCUT2D eigenvalue weighted by atomic mass is 15.0. The molecule has 2 aromatic carbocycles. The summed E-state index contributed by atoms with van der Waals surface area (Å²) in [6, 6.07) is 13.3. The third kappa shape index (κ3) is 1.56. The molecule has 1 heteroatoms. The zero-order valence-electron chi connectivity index (χ0n) is 12.2. The summed E-state index contributed by atoms with van der Waals surface area (Å²) in [6.07, 6.45) is 3.40. The van der Waals surface area contributed by atoms with Gasteiger partial charge in [-0.15, -0.1) is 0 Å². The highest BCUT2D eigenvalue weighted by molar-refractivity contribution is 5.90. The van der Waals surface area contributed by atoms with Crippen molar-refractivity contribution in [1.29, 1.82) is 0 Å². The summed E-state index contributed by atoms with van der Waals surface area (Å²) in [6.45, 7) is 6.69. The molecule has 1 nitrogen and oxygen atoms in total. The summed E-state index contributed by atoms with van der Waals surface area (Å²) < 4.78 is 0. The molecule has 1 aliphatic heterocycles. The Bertz CT molecular complexity index is 750. The Labute approximate surface area is 120 Å². The van der Waals surface area contributed by atoms with Crippen LogP contribution in [-0.2, 0) is 6.42 Å². The first kappa shape index (κ1) is 11.8. The quantitative estimate of drug-likeness (QED) is 0.609. The number of allylic oxidation sites excluding steroid dienone is 1. The second kappa shape index (κ2) is 3.76. The van der Waals surface area contributed by atoms with E-state index in [4.69, 9.17) is 0 Å². The normalized spacial score (nSPS) is 17.6. The number of anilines is 1. The molecule has 100 valence electrons. The van der Waals surface area contributed by atoms with E-state index in [9.17, 15) is 0 Å². The molecule has 0 unspecified atom stereocenters. The highest BCUT2D eigenvalue weighted by Crippen LogP contribution is 2.45. The van der Waals surface area contributed by atoms with Crippen LogP contribution in [0.1, 0.15) is 37.5 Å². The summed E-state index contributed by atoms with van der Waals surface area (Å²) in [4.78, 5) is 0. The van der Waals surface area contributed by atoms with Crippen LogP contribution in [0.2, 0.25) is 0 Å². The van der Waals surface area contributed by atoms with Gasteiger partial charge in [0.25, 0.3) is 0 Å². The number of rotatable bonds is 0. The van der Waals surface area contributed by atoms with Crippen LogP contribution in [0, 0.1) is 0 Å². The van der Waals surface area contributed by atoms with Crippen LogP contribution in [0.4, 0.5) is 5.69 Å². The number of hydrogen-bond donors (Lipinski definition) is 1. The van der Waals surface area contributed by atoms with E-state index in [-0.39, 0.29) is 5.54 Å². The van der Waals surface area contributed by atoms with Crippen LogP contribution in [0.25, 0.3) is 16.7 Å². The molecule has 0 spiro atoms. The smallest absolute Gasteiger partial charge is 0.0505 e. The molecule has 0 aromatic heterocycles. The van der Waals surface area contributed by atoms with Gasteiger partial charge in [-0.3, -0.25) is 0 Å². The van der Waals surface area contributed by atoms with E-state index in [1.165, 1.54) is 39.1 Å². The second-order valence-electron chi connectivity index (χ2n) is 6.52. The van der Waals surface area contributed by atoms with Gasteiger partial charge in [-0.1, -0.05) is 36.4 Å². The van der Waals surface area contributed by atoms with E-state index in [2.05, 4.69) is 68.6 Å². The number of hydrogen-bond acceptors (Lipinski definition) is 1. The molecule has 20 heavy (non-hydrogen) atoms. The van der Waals surface area contributed by atoms with Crippen LogP contribution in [0.5, 0.6) is 0 Å². The monoisotopic (exact) mass is 261 g/mol. The van der Waals surface area contributed by atoms with E-state index >= 15 is 0 Å². The third-order valence-corrected chi connectivity index (χ3v) is 4.42. The zero-order chi connectivity index (χ0) is 13.9. The van der Waals surface area contributed by atoms with Gasteiger partial charge in [0.1, 0.15) is 0 Å². The molecule has 0 bridgehead atoms. The van der Waals surface area contributed by atoms with Crippen LogP contribution in [-0.4, -0.2) is 5.54 Å². The fourth-order valence-electron chi connectivity index (χ4n) is 3.76. The van der Waals surface area contributed by atoms with Crippen LogP contribution in [0.3, 0.4) is 0 Å². The summed E-state index contributed by atoms with van der Waals surface area (Å²) in [5.74, 6) is 0. The van der Waals surface area contributed by atoms with E-state index in [0.29, 0.717) is 0 Å². The van der Waals surface area contributed by atoms with Crippen LogP contribution < -0.4 is 5.32 Å². The average Bonchev–Trinajstić information content (AvgIpc) is 2.74. The Morgan fingerprint density at radius 2 is 1.80 bits per heavy atom. The standard InChI is InChI=1S/C19H19N/c1-12-11-19(2,3)20-17-9-8-15-14-7-5-4-6-13(14)10-16(15)18(12)17/h4-9,11,20H,10H2,1-3H3. The van der Waals surface area contributed by atoms with Crippen molar-refractivity contribution in [1.82, 2.24) is 0 Å². The van der Waals surface area contributed by atoms with Gasteiger partial charge in [0.15, 0.2) is 0 Å². The molecule has 1 heterocycles. The maximum absolute atomic E-state index is 3.65. The average molecular weight is 261 g/mol. The van der Waals surface area contributed by atoms with Crippen LogP contribution in [0.15, 0.2) is 42.5 Å². The van der Waals surface area contributed by atoms with Gasteiger partial charge < -0.3 is 5.32 Å². The number of benzene rings is 2. The molecule has 1 N–H and O–H groups in total. The van der Waals surface area contributed by atoms with Crippen molar-refractivity contribution in [3.05, 3.63) is 59.2 Å². The molecule has 0 fully saturated rings. The Morgan fingerprint density at radius 1 is 1.00 bits per heavy atom. The zero-order valence-corrected chi connectivity index (χ0v) is 12.2. The first-order valence-electron chi connectivity index (χ1n) is 7.27. The lowest BCUT2D eigenvalue weighted by molar-refractivity contribution is 0.707. The summed E-state index contributed by atoms with van der Waals surface area (Å²) in [5, 5.41) is 3.65. The van der Waals surface area contributed by atoms with Gasteiger partial charge in [0.05, 0.1) is 5.54 Å². The molecule has 0 saturated heterocycles. The summed E-state index contributed by atoms with van der Waals surface area (Å²) in [7, 11) is 0. The molecular weight excluding hydrogens is 242 g/mol. The Hall–Kier alpha value is -2.02. The topological polar surface area (TPSA) is 12.0 Å². The van der Waals surface area contributed by atoms with E-state index in [1.807, 2.05) is 0 Å². The molecule has 0 amide bonds. The molecule has 4 rings (SSSR count). The van der Waals surface area contributed by atoms with Crippen molar-refractivity contribution in [3.8, 4) is 11.1 Å². The third-order valence-electron chi connectivity index (χ3n) is 4.42. The van der Waals surface area contributed by atoms with Gasteiger partial charge in [-0.25, -0.2) is 0 Å². The fraction of sp³-hybridized carbons (Fsp3) is 0.263. The first-order valence-corrected chi connectivity index (χ1v) is 7.27. The number of nitrogens with one attached hydrogen (secondary N) is 1. The first-order chi connectivity index (χ1) is 9.55. The largest absolute Gasteiger partial charge is 0.376 e. The van der Waals surface area contributed by atoms with Gasteiger partial charge in [-0.2, -0.15) is 0 Å². The minimum Gasteiger partial charge on any atom is -0.376 e. The lowest BCUT2D eigenvalue weighted by Gasteiger charge is -2.32. The Kier molecular flexibility index (Phi) is 2.21. The van der Waals surface area contributed by atoms with Crippen molar-refractivity contribution in [2.75, 3.05) is 5.32 Å². The molecule has 0 atom stereocenters. The van der Waals surface area contributed by atoms with Crippen molar-refractivity contribution in [2.45, 2.75) is 32.7 Å². The molecule has 2 aromatic rings. The molecular formula is C19H19N. The predicted octanol–water partition coefficient (Wildman–Crippen LogP) is 4.87. The summed E-state index contributed by atoms with van der Waals surface area (Å²) in [5.41, 5.74) is 9.88. The van der Waals surface area contributed by atoms with Gasteiger partial charge in [0.2, 0.25) is 0 Å². The van der Waals surface area contributed by atoms with E-state index < -0.39 is 0 Å². The lowest BCUT2D eigenvalue weighted by atomic mass is 9.87. The molecule has 0 saturated carbocycles. The minimum atomic E-state index is 0.0385. The second-order valence-corrected chi connectivity index (χ2v) is 6.52. The maximum Gasteiger partial charge on any atom is 0.0505 e. The van der Waals surface area contributed by atoms with Crippen molar-refractivity contribution in [2.24, 2.45) is 0 Å². The lowest BCUT2D eigenvalue weighted by Crippen LogP contribution is -2.31. The fourth-order valence-corrected chi connectivity index (χ4v) is 3.76. The van der Waals surface area contributed by atoms with Crippen molar-refractivity contribution in [3.63, 3.8) is 0 Å². The van der Waals surface area contributed by atoms with E-state index in [1.54, 1.807) is 0 Å². The number of fused-ring (bicyclic) bond motifs is 5. The predicted molar refractivity (Wildman–Crippen MR) is 86.0 cm³/mol. The van der Waals surface area contributed by atoms with Gasteiger partial charge >= 0.3 is 0 Å². The van der Waals surface area contributed by atoms with Crippen LogP contribution >= 0.6 is 0 Å². The molecule has 2 aliphatic rings. The van der Waals surface area contributed by atoms with Gasteiger partial charge in [0, 0.05) is 11.3 Å². The molecule has 1 aliphatic carbocycles. The van der Waals surface area contributed by atoms with E-state index in [0.717, 1.165) is 6.42 Å². The van der Waals surface area contributed by atoms with Crippen molar-refractivity contribution >= 4 is 11.3 Å². The maximum atomic E-state index is 3.65. The SMILES string of the molecule is CC1=CC(C)(C)Nc2ccc3c(c21)Cc1ccccc1-3. The molecule has 0 radical (unpaired) electrons. The van der Waals surface area contributed by atoms with Crippen molar-refractivity contribution < 1.29 is 0 Å². The highest BCUT2D eigenvalue weighted by Gasteiger charge is 2.28. The Morgan fingerprint density at radius 3 is 2.65 bits per heavy atom. The Balaban J connectivity index is 1.96. The van der Waals surface area contributed by atoms with Gasteiger partial charge in [-0.05, 0) is 61.1 Å². The summed E-state index contributed by atoms with van der Waals surface area (Å²) >= 11 is 0.